The van der Waals surface area contributed by atoms with Crippen LogP contribution in [0.25, 0.3) is 0 Å². The fourth-order valence-corrected chi connectivity index (χ4v) is 2.90. The Balaban J connectivity index is 2.84. The normalized spacial score (nSPS) is 21.4. The van der Waals surface area contributed by atoms with Gasteiger partial charge >= 0.3 is 5.97 Å². The summed E-state index contributed by atoms with van der Waals surface area (Å²) < 4.78 is 5.85. The first-order valence-corrected chi connectivity index (χ1v) is 7.87. The topological polar surface area (TPSA) is 38.3 Å². The van der Waals surface area contributed by atoms with Gasteiger partial charge in [-0.15, -0.1) is 0 Å². The monoisotopic (exact) mass is 283 g/mol. The molecule has 3 nitrogen and oxygen atoms in total. The third-order valence-corrected chi connectivity index (χ3v) is 4.55. The van der Waals surface area contributed by atoms with Crippen LogP contribution in [0.5, 0.6) is 0 Å². The minimum atomic E-state index is -0.448. The largest absolute Gasteiger partial charge is 0.462 e. The number of hydrogen-bond donors (Lipinski definition) is 1. The Morgan fingerprint density at radius 2 is 1.55 bits per heavy atom. The lowest BCUT2D eigenvalue weighted by Crippen LogP contribution is -2.46. The number of nitrogens with one attached hydrogen (secondary N) is 1. The molecule has 0 aromatic carbocycles. The van der Waals surface area contributed by atoms with E-state index in [-0.39, 0.29) is 22.9 Å². The van der Waals surface area contributed by atoms with Gasteiger partial charge in [0.25, 0.3) is 0 Å². The maximum absolute atomic E-state index is 12.8. The molecular formula is C17H33NO2. The summed E-state index contributed by atoms with van der Waals surface area (Å²) in [4.78, 5) is 12.8. The van der Waals surface area contributed by atoms with Crippen molar-refractivity contribution in [2.24, 2.45) is 16.2 Å². The Kier molecular flexibility index (Phi) is 5.29. The van der Waals surface area contributed by atoms with Gasteiger partial charge in [-0.25, -0.2) is 0 Å². The molecular weight excluding hydrogens is 250 g/mol. The summed E-state index contributed by atoms with van der Waals surface area (Å²) >= 11 is 0. The van der Waals surface area contributed by atoms with Gasteiger partial charge in [0.15, 0.2) is 0 Å². The molecule has 0 amide bonds. The summed E-state index contributed by atoms with van der Waals surface area (Å²) in [6.07, 6.45) is 2.79. The molecule has 1 unspecified atom stereocenters. The Bertz CT molecular complexity index is 332. The fourth-order valence-electron chi connectivity index (χ4n) is 2.90. The van der Waals surface area contributed by atoms with E-state index in [2.05, 4.69) is 53.8 Å². The first-order valence-electron chi connectivity index (χ1n) is 7.87. The van der Waals surface area contributed by atoms with Crippen molar-refractivity contribution in [2.45, 2.75) is 73.8 Å². The van der Waals surface area contributed by atoms with Crippen LogP contribution < -0.4 is 5.32 Å². The maximum atomic E-state index is 12.8. The molecule has 1 N–H and O–H groups in total. The molecule has 20 heavy (non-hydrogen) atoms. The predicted molar refractivity (Wildman–Crippen MR) is 83.6 cm³/mol. The average molecular weight is 283 g/mol. The van der Waals surface area contributed by atoms with Crippen LogP contribution in [0.15, 0.2) is 0 Å². The highest BCUT2D eigenvalue weighted by atomic mass is 16.5. The van der Waals surface area contributed by atoms with Gasteiger partial charge < -0.3 is 10.1 Å². The molecule has 1 heterocycles. The van der Waals surface area contributed by atoms with Crippen molar-refractivity contribution in [1.29, 1.82) is 0 Å². The van der Waals surface area contributed by atoms with Gasteiger partial charge in [0.05, 0.1) is 5.41 Å². The number of carbonyl (C=O) groups is 1. The lowest BCUT2D eigenvalue weighted by Gasteiger charge is -2.44. The zero-order chi connectivity index (χ0) is 15.6. The highest BCUT2D eigenvalue weighted by Gasteiger charge is 2.48. The third-order valence-electron chi connectivity index (χ3n) is 4.55. The van der Waals surface area contributed by atoms with E-state index in [1.165, 1.54) is 0 Å². The third kappa shape index (κ3) is 4.47. The van der Waals surface area contributed by atoms with E-state index in [9.17, 15) is 4.79 Å². The molecule has 0 aromatic rings. The smallest absolute Gasteiger partial charge is 0.312 e. The van der Waals surface area contributed by atoms with E-state index < -0.39 is 5.41 Å². The number of carbonyl (C=O) groups excluding carboxylic acids is 1. The van der Waals surface area contributed by atoms with Crippen molar-refractivity contribution in [3.8, 4) is 0 Å². The fraction of sp³-hybridized carbons (Fsp3) is 0.941. The van der Waals surface area contributed by atoms with Gasteiger partial charge in [-0.05, 0) is 50.1 Å². The van der Waals surface area contributed by atoms with E-state index in [0.29, 0.717) is 0 Å². The highest BCUT2D eigenvalue weighted by Crippen LogP contribution is 2.47. The second-order valence-electron chi connectivity index (χ2n) is 8.67. The first kappa shape index (κ1) is 17.5. The van der Waals surface area contributed by atoms with Crippen LogP contribution in [0.4, 0.5) is 0 Å². The molecule has 0 aliphatic carbocycles. The standard InChI is InChI=1S/C17H33NO2/c1-15(2,3)12-17(7,16(4,5)6)14(19)20-13-8-10-18-11-9-13/h13,18H,8-12H2,1-7H3. The zero-order valence-electron chi connectivity index (χ0n) is 14.4. The lowest BCUT2D eigenvalue weighted by molar-refractivity contribution is -0.171. The van der Waals surface area contributed by atoms with Crippen molar-refractivity contribution in [1.82, 2.24) is 5.32 Å². The van der Waals surface area contributed by atoms with Crippen molar-refractivity contribution >= 4 is 5.97 Å². The van der Waals surface area contributed by atoms with Gasteiger partial charge in [-0.3, -0.25) is 4.79 Å². The molecule has 0 spiro atoms. The molecule has 3 heteroatoms. The molecule has 1 fully saturated rings. The minimum absolute atomic E-state index is 0.0215. The molecule has 1 aliphatic heterocycles. The summed E-state index contributed by atoms with van der Waals surface area (Å²) in [5.41, 5.74) is -0.449. The number of hydrogen-bond acceptors (Lipinski definition) is 3. The van der Waals surface area contributed by atoms with Crippen LogP contribution in [-0.2, 0) is 9.53 Å². The number of ether oxygens (including phenoxy) is 1. The van der Waals surface area contributed by atoms with E-state index in [4.69, 9.17) is 4.74 Å². The van der Waals surface area contributed by atoms with Crippen LogP contribution in [0, 0.1) is 16.2 Å². The Morgan fingerprint density at radius 3 is 1.95 bits per heavy atom. The molecule has 0 radical (unpaired) electrons. The van der Waals surface area contributed by atoms with E-state index in [0.717, 1.165) is 32.4 Å². The zero-order valence-corrected chi connectivity index (χ0v) is 14.4. The molecule has 1 aliphatic rings. The number of esters is 1. The minimum Gasteiger partial charge on any atom is -0.462 e. The van der Waals surface area contributed by atoms with Gasteiger partial charge in [-0.1, -0.05) is 41.5 Å². The second-order valence-corrected chi connectivity index (χ2v) is 8.67. The van der Waals surface area contributed by atoms with Crippen molar-refractivity contribution in [3.63, 3.8) is 0 Å². The van der Waals surface area contributed by atoms with E-state index in [1.54, 1.807) is 0 Å². The molecule has 0 bridgehead atoms. The average Bonchev–Trinajstić information content (AvgIpc) is 2.26. The molecule has 0 saturated carbocycles. The van der Waals surface area contributed by atoms with Gasteiger partial charge in [-0.2, -0.15) is 0 Å². The van der Waals surface area contributed by atoms with Crippen molar-refractivity contribution in [2.75, 3.05) is 13.1 Å². The van der Waals surface area contributed by atoms with Crippen LogP contribution in [0.1, 0.15) is 67.7 Å². The van der Waals surface area contributed by atoms with E-state index in [1.807, 2.05) is 0 Å². The van der Waals surface area contributed by atoms with Crippen LogP contribution in [0.2, 0.25) is 0 Å². The molecule has 1 rings (SSSR count). The first-order chi connectivity index (χ1) is 8.96. The summed E-state index contributed by atoms with van der Waals surface area (Å²) in [6, 6.07) is 0. The predicted octanol–water partition coefficient (Wildman–Crippen LogP) is 3.77. The van der Waals surface area contributed by atoms with Gasteiger partial charge in [0.1, 0.15) is 6.10 Å². The van der Waals surface area contributed by atoms with Gasteiger partial charge in [0.2, 0.25) is 0 Å². The maximum Gasteiger partial charge on any atom is 0.312 e. The second kappa shape index (κ2) is 6.05. The highest BCUT2D eigenvalue weighted by molar-refractivity contribution is 5.77. The Morgan fingerprint density at radius 1 is 1.05 bits per heavy atom. The Hall–Kier alpha value is -0.570. The van der Waals surface area contributed by atoms with Crippen molar-refractivity contribution in [3.05, 3.63) is 0 Å². The summed E-state index contributed by atoms with van der Waals surface area (Å²) in [6.45, 7) is 17.0. The quantitative estimate of drug-likeness (QED) is 0.801. The molecule has 1 saturated heterocycles. The summed E-state index contributed by atoms with van der Waals surface area (Å²) in [5.74, 6) is -0.0215. The summed E-state index contributed by atoms with van der Waals surface area (Å²) in [7, 11) is 0. The molecule has 1 atom stereocenters. The van der Waals surface area contributed by atoms with Crippen LogP contribution in [-0.4, -0.2) is 25.2 Å². The summed E-state index contributed by atoms with van der Waals surface area (Å²) in [5, 5.41) is 3.30. The van der Waals surface area contributed by atoms with Crippen LogP contribution in [0.3, 0.4) is 0 Å². The number of piperidine rings is 1. The van der Waals surface area contributed by atoms with Gasteiger partial charge in [0, 0.05) is 0 Å². The Labute approximate surface area is 124 Å². The molecule has 0 aromatic heterocycles. The lowest BCUT2D eigenvalue weighted by atomic mass is 9.61. The number of rotatable bonds is 3. The van der Waals surface area contributed by atoms with Crippen LogP contribution >= 0.6 is 0 Å². The SMILES string of the molecule is CC(C)(C)CC(C)(C(=O)OC1CCNCC1)C(C)(C)C. The van der Waals surface area contributed by atoms with Crippen molar-refractivity contribution < 1.29 is 9.53 Å². The molecule has 118 valence electrons. The van der Waals surface area contributed by atoms with E-state index >= 15 is 0 Å².